The lowest BCUT2D eigenvalue weighted by atomic mass is 10.2. The number of carbonyl (C=O) groups excluding carboxylic acids is 1. The molecule has 0 radical (unpaired) electrons. The Morgan fingerprint density at radius 1 is 1.23 bits per heavy atom. The van der Waals surface area contributed by atoms with Crippen LogP contribution in [-0.2, 0) is 6.54 Å². The molecule has 2 heterocycles. The van der Waals surface area contributed by atoms with E-state index >= 15 is 0 Å². The van der Waals surface area contributed by atoms with Crippen LogP contribution in [0.25, 0.3) is 5.69 Å². The molecule has 1 aliphatic rings. The Labute approximate surface area is 158 Å². The zero-order valence-corrected chi connectivity index (χ0v) is 15.5. The maximum absolute atomic E-state index is 12.5. The number of halogens is 1. The van der Waals surface area contributed by atoms with Crippen LogP contribution in [0, 0.1) is 6.92 Å². The number of hydrogen-bond acceptors (Lipinski definition) is 5. The summed E-state index contributed by atoms with van der Waals surface area (Å²) < 4.78 is 13.1. The number of nitrogens with zero attached hydrogens (tertiary/aromatic N) is 3. The van der Waals surface area contributed by atoms with Gasteiger partial charge in [-0.3, -0.25) is 4.79 Å². The van der Waals surface area contributed by atoms with Crippen molar-refractivity contribution >= 4 is 21.8 Å². The lowest BCUT2D eigenvalue weighted by Crippen LogP contribution is -2.24. The zero-order valence-electron chi connectivity index (χ0n) is 13.9. The normalized spacial score (nSPS) is 12.2. The zero-order chi connectivity index (χ0) is 18.1. The highest BCUT2D eigenvalue weighted by molar-refractivity contribution is 9.10. The molecule has 1 aromatic heterocycles. The van der Waals surface area contributed by atoms with Crippen LogP contribution >= 0.6 is 15.9 Å². The summed E-state index contributed by atoms with van der Waals surface area (Å²) in [4.78, 5) is 12.5. The van der Waals surface area contributed by atoms with Crippen LogP contribution in [-0.4, -0.2) is 27.7 Å². The first-order valence-electron chi connectivity index (χ1n) is 7.97. The monoisotopic (exact) mass is 414 g/mol. The molecule has 4 rings (SSSR count). The van der Waals surface area contributed by atoms with E-state index in [1.54, 1.807) is 4.68 Å². The molecule has 2 aromatic carbocycles. The molecule has 0 aliphatic carbocycles. The predicted octanol–water partition coefficient (Wildman–Crippen LogP) is 3.00. The number of amides is 1. The van der Waals surface area contributed by atoms with Crippen LogP contribution in [0.5, 0.6) is 11.5 Å². The third-order valence-corrected chi connectivity index (χ3v) is 4.75. The molecule has 0 bridgehead atoms. The Morgan fingerprint density at radius 3 is 2.88 bits per heavy atom. The van der Waals surface area contributed by atoms with Gasteiger partial charge in [0.15, 0.2) is 17.2 Å². The van der Waals surface area contributed by atoms with E-state index < -0.39 is 0 Å². The molecule has 7 nitrogen and oxygen atoms in total. The number of hydrogen-bond donors (Lipinski definition) is 1. The number of rotatable bonds is 4. The standard InChI is InChI=1S/C18H15BrN4O3/c1-11-17(21-22-23(11)14-5-3-2-4-13(14)19)18(24)20-9-12-6-7-15-16(8-12)26-10-25-15/h2-8H,9-10H2,1H3,(H,20,24). The highest BCUT2D eigenvalue weighted by Gasteiger charge is 2.19. The van der Waals surface area contributed by atoms with Crippen LogP contribution < -0.4 is 14.8 Å². The molecular formula is C18H15BrN4O3. The molecule has 0 atom stereocenters. The van der Waals surface area contributed by atoms with Gasteiger partial charge in [0.25, 0.3) is 5.91 Å². The van der Waals surface area contributed by atoms with E-state index in [-0.39, 0.29) is 12.7 Å². The van der Waals surface area contributed by atoms with Crippen molar-refractivity contribution in [1.29, 1.82) is 0 Å². The average Bonchev–Trinajstić information content (AvgIpc) is 3.26. The van der Waals surface area contributed by atoms with Crippen LogP contribution in [0.1, 0.15) is 21.7 Å². The van der Waals surface area contributed by atoms with Crippen molar-refractivity contribution in [3.05, 3.63) is 63.9 Å². The largest absolute Gasteiger partial charge is 0.454 e. The van der Waals surface area contributed by atoms with E-state index in [0.29, 0.717) is 29.4 Å². The van der Waals surface area contributed by atoms with E-state index in [1.807, 2.05) is 49.4 Å². The quantitative estimate of drug-likeness (QED) is 0.709. The van der Waals surface area contributed by atoms with Crippen molar-refractivity contribution in [1.82, 2.24) is 20.3 Å². The fourth-order valence-corrected chi connectivity index (χ4v) is 3.16. The van der Waals surface area contributed by atoms with Gasteiger partial charge in [-0.25, -0.2) is 4.68 Å². The van der Waals surface area contributed by atoms with Crippen molar-refractivity contribution < 1.29 is 14.3 Å². The Hall–Kier alpha value is -2.87. The summed E-state index contributed by atoms with van der Waals surface area (Å²) in [5, 5.41) is 11.0. The molecule has 26 heavy (non-hydrogen) atoms. The first kappa shape index (κ1) is 16.6. The van der Waals surface area contributed by atoms with Gasteiger partial charge in [0.05, 0.1) is 11.4 Å². The van der Waals surface area contributed by atoms with Gasteiger partial charge in [0.2, 0.25) is 6.79 Å². The second kappa shape index (κ2) is 6.80. The molecule has 1 aliphatic heterocycles. The number of para-hydroxylation sites is 1. The maximum Gasteiger partial charge on any atom is 0.274 e. The number of nitrogens with one attached hydrogen (secondary N) is 1. The summed E-state index contributed by atoms with van der Waals surface area (Å²) in [6.07, 6.45) is 0. The van der Waals surface area contributed by atoms with Crippen LogP contribution in [0.15, 0.2) is 46.9 Å². The fourth-order valence-electron chi connectivity index (χ4n) is 2.71. The smallest absolute Gasteiger partial charge is 0.274 e. The Morgan fingerprint density at radius 2 is 2.04 bits per heavy atom. The van der Waals surface area contributed by atoms with Gasteiger partial charge in [0, 0.05) is 11.0 Å². The second-order valence-electron chi connectivity index (χ2n) is 5.76. The number of carbonyl (C=O) groups is 1. The van der Waals surface area contributed by atoms with Gasteiger partial charge in [-0.2, -0.15) is 0 Å². The molecule has 0 unspecified atom stereocenters. The molecule has 8 heteroatoms. The van der Waals surface area contributed by atoms with Crippen molar-refractivity contribution in [2.75, 3.05) is 6.79 Å². The molecule has 1 N–H and O–H groups in total. The van der Waals surface area contributed by atoms with Crippen molar-refractivity contribution in [3.8, 4) is 17.2 Å². The number of aromatic nitrogens is 3. The third-order valence-electron chi connectivity index (χ3n) is 4.08. The van der Waals surface area contributed by atoms with Gasteiger partial charge in [0.1, 0.15) is 0 Å². The predicted molar refractivity (Wildman–Crippen MR) is 97.5 cm³/mol. The Bertz CT molecular complexity index is 986. The minimum Gasteiger partial charge on any atom is -0.454 e. The van der Waals surface area contributed by atoms with Crippen LogP contribution in [0.2, 0.25) is 0 Å². The molecule has 0 saturated carbocycles. The Kier molecular flexibility index (Phi) is 4.34. The van der Waals surface area contributed by atoms with Gasteiger partial charge >= 0.3 is 0 Å². The van der Waals surface area contributed by atoms with Crippen molar-refractivity contribution in [2.45, 2.75) is 13.5 Å². The highest BCUT2D eigenvalue weighted by Crippen LogP contribution is 2.32. The van der Waals surface area contributed by atoms with Gasteiger partial charge in [-0.1, -0.05) is 23.4 Å². The van der Waals surface area contributed by atoms with Crippen LogP contribution in [0.3, 0.4) is 0 Å². The van der Waals surface area contributed by atoms with E-state index in [2.05, 4.69) is 31.6 Å². The van der Waals surface area contributed by atoms with Gasteiger partial charge < -0.3 is 14.8 Å². The first-order valence-corrected chi connectivity index (χ1v) is 8.77. The van der Waals surface area contributed by atoms with Gasteiger partial charge in [-0.05, 0) is 52.7 Å². The summed E-state index contributed by atoms with van der Waals surface area (Å²) in [7, 11) is 0. The lowest BCUT2D eigenvalue weighted by Gasteiger charge is -2.07. The average molecular weight is 415 g/mol. The summed E-state index contributed by atoms with van der Waals surface area (Å²) >= 11 is 3.49. The molecule has 3 aromatic rings. The first-order chi connectivity index (χ1) is 12.6. The number of benzene rings is 2. The Balaban J connectivity index is 1.50. The highest BCUT2D eigenvalue weighted by atomic mass is 79.9. The van der Waals surface area contributed by atoms with E-state index in [4.69, 9.17) is 9.47 Å². The van der Waals surface area contributed by atoms with E-state index in [9.17, 15) is 4.79 Å². The summed E-state index contributed by atoms with van der Waals surface area (Å²) in [5.41, 5.74) is 2.70. The molecule has 0 saturated heterocycles. The second-order valence-corrected chi connectivity index (χ2v) is 6.61. The molecule has 1 amide bonds. The molecular weight excluding hydrogens is 400 g/mol. The molecule has 132 valence electrons. The van der Waals surface area contributed by atoms with Crippen molar-refractivity contribution in [2.24, 2.45) is 0 Å². The fraction of sp³-hybridized carbons (Fsp3) is 0.167. The lowest BCUT2D eigenvalue weighted by molar-refractivity contribution is 0.0945. The summed E-state index contributed by atoms with van der Waals surface area (Å²) in [5.74, 6) is 1.12. The summed E-state index contributed by atoms with van der Waals surface area (Å²) in [6, 6.07) is 13.2. The van der Waals surface area contributed by atoms with Crippen LogP contribution in [0.4, 0.5) is 0 Å². The van der Waals surface area contributed by atoms with Gasteiger partial charge in [-0.15, -0.1) is 5.10 Å². The van der Waals surface area contributed by atoms with E-state index in [0.717, 1.165) is 15.7 Å². The topological polar surface area (TPSA) is 78.3 Å². The minimum atomic E-state index is -0.279. The van der Waals surface area contributed by atoms with Crippen molar-refractivity contribution in [3.63, 3.8) is 0 Å². The summed E-state index contributed by atoms with van der Waals surface area (Å²) in [6.45, 7) is 2.40. The number of ether oxygens (including phenoxy) is 2. The number of fused-ring (bicyclic) bond motifs is 1. The minimum absolute atomic E-state index is 0.225. The SMILES string of the molecule is Cc1c(C(=O)NCc2ccc3c(c2)OCO3)nnn1-c1ccccc1Br. The molecule has 0 spiro atoms. The maximum atomic E-state index is 12.5. The van der Waals surface area contributed by atoms with E-state index in [1.165, 1.54) is 0 Å². The molecule has 0 fully saturated rings. The third kappa shape index (κ3) is 3.03.